The number of benzene rings is 2. The SMILES string of the molecule is O=C(NCCn1ncc2c(=O)n(Cc3cccc(Cl)c3)cnc21)c1ccccc1Br. The lowest BCUT2D eigenvalue weighted by atomic mass is 10.2. The fourth-order valence-corrected chi connectivity index (χ4v) is 3.80. The molecule has 0 aliphatic carbocycles. The molecule has 2 aromatic heterocycles. The lowest BCUT2D eigenvalue weighted by Crippen LogP contribution is -2.28. The van der Waals surface area contributed by atoms with Gasteiger partial charge < -0.3 is 5.32 Å². The second kappa shape index (κ2) is 8.81. The number of halogens is 2. The molecule has 0 aliphatic heterocycles. The highest BCUT2D eigenvalue weighted by Gasteiger charge is 2.12. The van der Waals surface area contributed by atoms with E-state index in [1.54, 1.807) is 22.9 Å². The lowest BCUT2D eigenvalue weighted by molar-refractivity contribution is 0.0951. The molecule has 0 atom stereocenters. The van der Waals surface area contributed by atoms with Gasteiger partial charge in [-0.1, -0.05) is 35.9 Å². The maximum Gasteiger partial charge on any atom is 0.264 e. The zero-order chi connectivity index (χ0) is 21.1. The molecule has 4 rings (SSSR count). The average molecular weight is 487 g/mol. The molecule has 2 heterocycles. The van der Waals surface area contributed by atoms with E-state index in [4.69, 9.17) is 11.6 Å². The van der Waals surface area contributed by atoms with Crippen molar-refractivity contribution >= 4 is 44.5 Å². The minimum Gasteiger partial charge on any atom is -0.350 e. The summed E-state index contributed by atoms with van der Waals surface area (Å²) in [4.78, 5) is 29.5. The fraction of sp³-hybridized carbons (Fsp3) is 0.143. The molecule has 152 valence electrons. The lowest BCUT2D eigenvalue weighted by Gasteiger charge is -2.08. The minimum atomic E-state index is -0.184. The van der Waals surface area contributed by atoms with Gasteiger partial charge in [0.25, 0.3) is 11.5 Å². The third-order valence-corrected chi connectivity index (χ3v) is 5.52. The van der Waals surface area contributed by atoms with Crippen molar-refractivity contribution in [3.63, 3.8) is 0 Å². The third-order valence-electron chi connectivity index (χ3n) is 4.59. The number of amides is 1. The van der Waals surface area contributed by atoms with Crippen LogP contribution in [-0.2, 0) is 13.1 Å². The highest BCUT2D eigenvalue weighted by Crippen LogP contribution is 2.15. The van der Waals surface area contributed by atoms with Crippen molar-refractivity contribution in [3.8, 4) is 0 Å². The van der Waals surface area contributed by atoms with E-state index < -0.39 is 0 Å². The number of aromatic nitrogens is 4. The van der Waals surface area contributed by atoms with Gasteiger partial charge in [0, 0.05) is 16.0 Å². The summed E-state index contributed by atoms with van der Waals surface area (Å²) in [5.74, 6) is -0.184. The Morgan fingerprint density at radius 3 is 2.80 bits per heavy atom. The first-order valence-corrected chi connectivity index (χ1v) is 10.4. The molecule has 9 heteroatoms. The Labute approximate surface area is 185 Å². The Balaban J connectivity index is 1.47. The molecule has 0 bridgehead atoms. The topological polar surface area (TPSA) is 81.8 Å². The number of nitrogens with zero attached hydrogens (tertiary/aromatic N) is 4. The van der Waals surface area contributed by atoms with Crippen molar-refractivity contribution < 1.29 is 4.79 Å². The van der Waals surface area contributed by atoms with E-state index in [0.717, 1.165) is 10.0 Å². The van der Waals surface area contributed by atoms with Crippen molar-refractivity contribution in [3.05, 3.63) is 92.0 Å². The Kier molecular flexibility index (Phi) is 5.96. The third kappa shape index (κ3) is 4.29. The summed E-state index contributed by atoms with van der Waals surface area (Å²) in [5, 5.41) is 8.16. The number of carbonyl (C=O) groups is 1. The summed E-state index contributed by atoms with van der Waals surface area (Å²) < 4.78 is 3.86. The highest BCUT2D eigenvalue weighted by molar-refractivity contribution is 9.10. The molecule has 0 saturated heterocycles. The van der Waals surface area contributed by atoms with Crippen LogP contribution < -0.4 is 10.9 Å². The number of hydrogen-bond donors (Lipinski definition) is 1. The van der Waals surface area contributed by atoms with Crippen LogP contribution in [0.5, 0.6) is 0 Å². The minimum absolute atomic E-state index is 0.177. The fourth-order valence-electron chi connectivity index (χ4n) is 3.12. The molecule has 1 N–H and O–H groups in total. The van der Waals surface area contributed by atoms with Gasteiger partial charge in [-0.2, -0.15) is 5.10 Å². The molecule has 1 amide bonds. The zero-order valence-corrected chi connectivity index (χ0v) is 18.1. The van der Waals surface area contributed by atoms with Crippen molar-refractivity contribution in [1.82, 2.24) is 24.6 Å². The van der Waals surface area contributed by atoms with Crippen LogP contribution in [-0.4, -0.2) is 31.8 Å². The van der Waals surface area contributed by atoms with Crippen LogP contribution in [0.15, 0.2) is 70.3 Å². The van der Waals surface area contributed by atoms with Gasteiger partial charge in [-0.25, -0.2) is 9.67 Å². The van der Waals surface area contributed by atoms with Crippen LogP contribution in [0, 0.1) is 0 Å². The predicted molar refractivity (Wildman–Crippen MR) is 119 cm³/mol. The van der Waals surface area contributed by atoms with E-state index >= 15 is 0 Å². The molecule has 0 aliphatic rings. The van der Waals surface area contributed by atoms with Gasteiger partial charge in [-0.15, -0.1) is 0 Å². The number of carbonyl (C=O) groups excluding carboxylic acids is 1. The first kappa shape index (κ1) is 20.3. The Morgan fingerprint density at radius 1 is 1.17 bits per heavy atom. The second-order valence-electron chi connectivity index (χ2n) is 6.65. The Bertz CT molecular complexity index is 1280. The summed E-state index contributed by atoms with van der Waals surface area (Å²) in [6.45, 7) is 1.12. The molecule has 0 saturated carbocycles. The van der Waals surface area contributed by atoms with Crippen LogP contribution in [0.3, 0.4) is 0 Å². The van der Waals surface area contributed by atoms with Crippen molar-refractivity contribution in [2.45, 2.75) is 13.1 Å². The van der Waals surface area contributed by atoms with Gasteiger partial charge in [0.2, 0.25) is 0 Å². The quantitative estimate of drug-likeness (QED) is 0.452. The number of fused-ring (bicyclic) bond motifs is 1. The maximum atomic E-state index is 12.8. The standard InChI is InChI=1S/C21H17BrClN5O2/c22-18-7-2-1-6-16(18)20(29)24-8-9-28-19-17(11-26-28)21(30)27(13-25-19)12-14-4-3-5-15(23)10-14/h1-7,10-11,13H,8-9,12H2,(H,24,29). The summed E-state index contributed by atoms with van der Waals surface area (Å²) in [7, 11) is 0. The highest BCUT2D eigenvalue weighted by atomic mass is 79.9. The summed E-state index contributed by atoms with van der Waals surface area (Å²) >= 11 is 9.39. The van der Waals surface area contributed by atoms with E-state index in [-0.39, 0.29) is 11.5 Å². The molecule has 30 heavy (non-hydrogen) atoms. The van der Waals surface area contributed by atoms with Crippen LogP contribution in [0.25, 0.3) is 11.0 Å². The summed E-state index contributed by atoms with van der Waals surface area (Å²) in [6, 6.07) is 14.6. The Morgan fingerprint density at radius 2 is 2.00 bits per heavy atom. The smallest absolute Gasteiger partial charge is 0.264 e. The maximum absolute atomic E-state index is 12.8. The number of nitrogens with one attached hydrogen (secondary N) is 1. The van der Waals surface area contributed by atoms with E-state index in [2.05, 4.69) is 31.3 Å². The van der Waals surface area contributed by atoms with Crippen LogP contribution in [0.4, 0.5) is 0 Å². The van der Waals surface area contributed by atoms with E-state index in [9.17, 15) is 9.59 Å². The summed E-state index contributed by atoms with van der Waals surface area (Å²) in [6.07, 6.45) is 3.01. The number of rotatable bonds is 6. The average Bonchev–Trinajstić information content (AvgIpc) is 3.14. The molecule has 4 aromatic rings. The first-order chi connectivity index (χ1) is 14.5. The van der Waals surface area contributed by atoms with Crippen LogP contribution in [0.2, 0.25) is 5.02 Å². The van der Waals surface area contributed by atoms with Gasteiger partial charge >= 0.3 is 0 Å². The Hall–Kier alpha value is -2.97. The van der Waals surface area contributed by atoms with Gasteiger partial charge in [0.15, 0.2) is 5.65 Å². The molecular weight excluding hydrogens is 470 g/mol. The zero-order valence-electron chi connectivity index (χ0n) is 15.8. The van der Waals surface area contributed by atoms with Crippen LogP contribution >= 0.6 is 27.5 Å². The molecule has 0 fully saturated rings. The van der Waals surface area contributed by atoms with Gasteiger partial charge in [-0.05, 0) is 45.8 Å². The van der Waals surface area contributed by atoms with E-state index in [0.29, 0.717) is 41.3 Å². The second-order valence-corrected chi connectivity index (χ2v) is 7.94. The molecule has 0 spiro atoms. The largest absolute Gasteiger partial charge is 0.350 e. The predicted octanol–water partition coefficient (Wildman–Crippen LogP) is 3.49. The molecular formula is C21H17BrClN5O2. The van der Waals surface area contributed by atoms with Crippen molar-refractivity contribution in [2.24, 2.45) is 0 Å². The van der Waals surface area contributed by atoms with Gasteiger partial charge in [-0.3, -0.25) is 14.2 Å². The molecule has 0 unspecified atom stereocenters. The van der Waals surface area contributed by atoms with Crippen LogP contribution in [0.1, 0.15) is 15.9 Å². The normalized spacial score (nSPS) is 11.0. The van der Waals surface area contributed by atoms with Gasteiger partial charge in [0.1, 0.15) is 11.7 Å². The molecule has 2 aromatic carbocycles. The van der Waals surface area contributed by atoms with Gasteiger partial charge in [0.05, 0.1) is 24.8 Å². The number of hydrogen-bond acceptors (Lipinski definition) is 4. The van der Waals surface area contributed by atoms with Crippen molar-refractivity contribution in [1.29, 1.82) is 0 Å². The van der Waals surface area contributed by atoms with E-state index in [1.807, 2.05) is 30.3 Å². The van der Waals surface area contributed by atoms with E-state index in [1.165, 1.54) is 17.1 Å². The monoisotopic (exact) mass is 485 g/mol. The summed E-state index contributed by atoms with van der Waals surface area (Å²) in [5.41, 5.74) is 1.78. The molecule has 7 nitrogen and oxygen atoms in total. The van der Waals surface area contributed by atoms with Crippen molar-refractivity contribution in [2.75, 3.05) is 6.54 Å². The first-order valence-electron chi connectivity index (χ1n) is 9.21. The molecule has 0 radical (unpaired) electrons.